The zero-order valence-corrected chi connectivity index (χ0v) is 11.5. The highest BCUT2D eigenvalue weighted by Crippen LogP contribution is 2.34. The van der Waals surface area contributed by atoms with Crippen LogP contribution in [0.5, 0.6) is 0 Å². The Morgan fingerprint density at radius 3 is 2.53 bits per heavy atom. The summed E-state index contributed by atoms with van der Waals surface area (Å²) in [6.07, 6.45) is 5.39. The normalized spacial score (nSPS) is 16.5. The van der Waals surface area contributed by atoms with Crippen LogP contribution >= 0.6 is 0 Å². The zero-order chi connectivity index (χ0) is 14.1. The molecule has 0 aromatic heterocycles. The van der Waals surface area contributed by atoms with E-state index in [0.29, 0.717) is 6.54 Å². The van der Waals surface area contributed by atoms with Crippen LogP contribution in [0.25, 0.3) is 0 Å². The Kier molecular flexibility index (Phi) is 6.62. The van der Waals surface area contributed by atoms with Gasteiger partial charge < -0.3 is 20.5 Å². The third-order valence-electron chi connectivity index (χ3n) is 3.49. The molecule has 1 aliphatic rings. The molecular weight excluding hydrogens is 248 g/mol. The molecule has 0 aromatic carbocycles. The van der Waals surface area contributed by atoms with Crippen molar-refractivity contribution in [3.05, 3.63) is 0 Å². The summed E-state index contributed by atoms with van der Waals surface area (Å²) in [5.41, 5.74) is -0.522. The smallest absolute Gasteiger partial charge is 0.315 e. The Balaban J connectivity index is 2.14. The number of carbonyl (C=O) groups is 2. The van der Waals surface area contributed by atoms with Gasteiger partial charge in [0.1, 0.15) is 0 Å². The van der Waals surface area contributed by atoms with E-state index in [1.165, 1.54) is 0 Å². The zero-order valence-electron chi connectivity index (χ0n) is 11.5. The number of amides is 2. The average Bonchev–Trinajstić information content (AvgIpc) is 2.30. The minimum absolute atomic E-state index is 0.00819. The molecule has 0 aliphatic heterocycles. The maximum Gasteiger partial charge on any atom is 0.315 e. The predicted octanol–water partition coefficient (Wildman–Crippen LogP) is 1.50. The summed E-state index contributed by atoms with van der Waals surface area (Å²) in [5, 5.41) is 14.4. The van der Waals surface area contributed by atoms with Crippen LogP contribution in [0.2, 0.25) is 0 Å². The number of unbranched alkanes of at least 4 members (excludes halogenated alkanes) is 2. The van der Waals surface area contributed by atoms with E-state index in [9.17, 15) is 9.59 Å². The van der Waals surface area contributed by atoms with Crippen molar-refractivity contribution in [3.8, 4) is 0 Å². The Morgan fingerprint density at radius 2 is 2.00 bits per heavy atom. The second kappa shape index (κ2) is 7.99. The molecule has 19 heavy (non-hydrogen) atoms. The fourth-order valence-corrected chi connectivity index (χ4v) is 2.27. The Labute approximate surface area is 113 Å². The minimum Gasteiger partial charge on any atom is -0.481 e. The number of urea groups is 1. The molecule has 1 aliphatic carbocycles. The molecule has 1 fully saturated rings. The van der Waals surface area contributed by atoms with Gasteiger partial charge in [-0.15, -0.1) is 0 Å². The van der Waals surface area contributed by atoms with E-state index in [1.807, 2.05) is 0 Å². The van der Waals surface area contributed by atoms with E-state index in [1.54, 1.807) is 7.11 Å². The molecule has 0 unspecified atom stereocenters. The van der Waals surface area contributed by atoms with Crippen molar-refractivity contribution in [2.75, 3.05) is 20.3 Å². The molecule has 0 radical (unpaired) electrons. The van der Waals surface area contributed by atoms with Crippen LogP contribution in [0.3, 0.4) is 0 Å². The summed E-state index contributed by atoms with van der Waals surface area (Å²) < 4.78 is 4.94. The molecule has 0 bridgehead atoms. The summed E-state index contributed by atoms with van der Waals surface area (Å²) in [7, 11) is 1.67. The van der Waals surface area contributed by atoms with Crippen molar-refractivity contribution >= 4 is 12.0 Å². The van der Waals surface area contributed by atoms with E-state index in [-0.39, 0.29) is 12.5 Å². The number of carboxylic acids is 1. The molecule has 0 aromatic rings. The van der Waals surface area contributed by atoms with Crippen molar-refractivity contribution in [2.45, 2.75) is 50.5 Å². The topological polar surface area (TPSA) is 87.7 Å². The summed E-state index contributed by atoms with van der Waals surface area (Å²) in [6.45, 7) is 1.35. The van der Waals surface area contributed by atoms with E-state index < -0.39 is 11.5 Å². The van der Waals surface area contributed by atoms with Gasteiger partial charge >= 0.3 is 12.0 Å². The van der Waals surface area contributed by atoms with Gasteiger partial charge in [0.15, 0.2) is 0 Å². The number of carboxylic acid groups (broad SMARTS) is 1. The van der Waals surface area contributed by atoms with Crippen LogP contribution in [-0.4, -0.2) is 42.9 Å². The number of aliphatic carboxylic acids is 1. The number of rotatable bonds is 9. The highest BCUT2D eigenvalue weighted by atomic mass is 16.5. The first-order valence-electron chi connectivity index (χ1n) is 6.85. The summed E-state index contributed by atoms with van der Waals surface area (Å²) in [5.74, 6) is -0.862. The monoisotopic (exact) mass is 272 g/mol. The molecule has 1 saturated carbocycles. The number of methoxy groups -OCH3 is 1. The maximum absolute atomic E-state index is 11.7. The standard InChI is InChI=1S/C13H24N2O4/c1-19-9-4-2-3-8-14-12(18)15-13(6-5-7-13)10-11(16)17/h2-10H2,1H3,(H,16,17)(H2,14,15,18). The molecule has 0 saturated heterocycles. The Bertz CT molecular complexity index is 303. The van der Waals surface area contributed by atoms with Gasteiger partial charge in [0.25, 0.3) is 0 Å². The van der Waals surface area contributed by atoms with Crippen LogP contribution in [0.15, 0.2) is 0 Å². The van der Waals surface area contributed by atoms with Crippen LogP contribution < -0.4 is 10.6 Å². The van der Waals surface area contributed by atoms with E-state index >= 15 is 0 Å². The third-order valence-corrected chi connectivity index (χ3v) is 3.49. The third kappa shape index (κ3) is 5.92. The van der Waals surface area contributed by atoms with Crippen molar-refractivity contribution in [2.24, 2.45) is 0 Å². The lowest BCUT2D eigenvalue weighted by molar-refractivity contribution is -0.139. The SMILES string of the molecule is COCCCCCNC(=O)NC1(CC(=O)O)CCC1. The van der Waals surface area contributed by atoms with Crippen molar-refractivity contribution < 1.29 is 19.4 Å². The van der Waals surface area contributed by atoms with Gasteiger partial charge in [0.2, 0.25) is 0 Å². The van der Waals surface area contributed by atoms with Crippen LogP contribution in [0.1, 0.15) is 44.9 Å². The molecule has 0 heterocycles. The number of hydrogen-bond donors (Lipinski definition) is 3. The molecule has 0 spiro atoms. The van der Waals surface area contributed by atoms with Gasteiger partial charge in [0, 0.05) is 20.3 Å². The van der Waals surface area contributed by atoms with Crippen molar-refractivity contribution in [3.63, 3.8) is 0 Å². The van der Waals surface area contributed by atoms with Crippen LogP contribution in [0.4, 0.5) is 4.79 Å². The fraction of sp³-hybridized carbons (Fsp3) is 0.846. The minimum atomic E-state index is -0.862. The molecule has 3 N–H and O–H groups in total. The first kappa shape index (κ1) is 15.8. The van der Waals surface area contributed by atoms with E-state index in [0.717, 1.165) is 45.1 Å². The lowest BCUT2D eigenvalue weighted by Gasteiger charge is -2.41. The molecule has 110 valence electrons. The largest absolute Gasteiger partial charge is 0.481 e. The van der Waals surface area contributed by atoms with Crippen molar-refractivity contribution in [1.82, 2.24) is 10.6 Å². The van der Waals surface area contributed by atoms with E-state index in [2.05, 4.69) is 10.6 Å². The van der Waals surface area contributed by atoms with Gasteiger partial charge in [-0.25, -0.2) is 4.79 Å². The molecule has 0 atom stereocenters. The highest BCUT2D eigenvalue weighted by molar-refractivity contribution is 5.77. The molecule has 2 amide bonds. The van der Waals surface area contributed by atoms with Gasteiger partial charge in [-0.05, 0) is 38.5 Å². The number of hydrogen-bond acceptors (Lipinski definition) is 3. The fourth-order valence-electron chi connectivity index (χ4n) is 2.27. The quantitative estimate of drug-likeness (QED) is 0.555. The second-order valence-corrected chi connectivity index (χ2v) is 5.14. The summed E-state index contributed by atoms with van der Waals surface area (Å²) in [6, 6.07) is -0.257. The lowest BCUT2D eigenvalue weighted by atomic mass is 9.74. The average molecular weight is 272 g/mol. The Hall–Kier alpha value is -1.30. The Morgan fingerprint density at radius 1 is 1.26 bits per heavy atom. The number of ether oxygens (including phenoxy) is 1. The van der Waals surface area contributed by atoms with Crippen molar-refractivity contribution in [1.29, 1.82) is 0 Å². The highest BCUT2D eigenvalue weighted by Gasteiger charge is 2.40. The summed E-state index contributed by atoms with van der Waals surface area (Å²) in [4.78, 5) is 22.4. The first-order valence-corrected chi connectivity index (χ1v) is 6.85. The molecule has 6 heteroatoms. The number of carbonyl (C=O) groups excluding carboxylic acids is 1. The van der Waals surface area contributed by atoms with Gasteiger partial charge in [-0.1, -0.05) is 0 Å². The maximum atomic E-state index is 11.7. The molecule has 6 nitrogen and oxygen atoms in total. The molecular formula is C13H24N2O4. The van der Waals surface area contributed by atoms with E-state index in [4.69, 9.17) is 9.84 Å². The van der Waals surface area contributed by atoms with Gasteiger partial charge in [0.05, 0.1) is 12.0 Å². The van der Waals surface area contributed by atoms with Crippen LogP contribution in [0, 0.1) is 0 Å². The van der Waals surface area contributed by atoms with Gasteiger partial charge in [-0.3, -0.25) is 4.79 Å². The van der Waals surface area contributed by atoms with Gasteiger partial charge in [-0.2, -0.15) is 0 Å². The molecule has 1 rings (SSSR count). The second-order valence-electron chi connectivity index (χ2n) is 5.14. The van der Waals surface area contributed by atoms with Crippen LogP contribution in [-0.2, 0) is 9.53 Å². The summed E-state index contributed by atoms with van der Waals surface area (Å²) >= 11 is 0. The predicted molar refractivity (Wildman–Crippen MR) is 71.1 cm³/mol. The first-order chi connectivity index (χ1) is 9.08. The lowest BCUT2D eigenvalue weighted by Crippen LogP contribution is -2.57. The number of nitrogens with one attached hydrogen (secondary N) is 2.